The smallest absolute Gasteiger partial charge is 0.229 e. The van der Waals surface area contributed by atoms with Gasteiger partial charge in [0.1, 0.15) is 11.5 Å². The molecule has 4 heterocycles. The van der Waals surface area contributed by atoms with E-state index < -0.39 is 5.82 Å². The minimum Gasteiger partial charge on any atom is -0.324 e. The zero-order valence-corrected chi connectivity index (χ0v) is 25.1. The van der Waals surface area contributed by atoms with Gasteiger partial charge in [-0.2, -0.15) is 5.10 Å². The van der Waals surface area contributed by atoms with E-state index in [4.69, 9.17) is 10.1 Å². The molecule has 7 rings (SSSR count). The molecule has 220 valence electrons. The van der Waals surface area contributed by atoms with Crippen molar-refractivity contribution in [1.29, 1.82) is 0 Å². The fourth-order valence-electron chi connectivity index (χ4n) is 5.71. The predicted octanol–water partition coefficient (Wildman–Crippen LogP) is 6.61. The third-order valence-corrected chi connectivity index (χ3v) is 8.86. The summed E-state index contributed by atoms with van der Waals surface area (Å²) in [7, 11) is 4.25. The number of thiophene rings is 1. The average Bonchev–Trinajstić information content (AvgIpc) is 3.77. The zero-order chi connectivity index (χ0) is 30.2. The van der Waals surface area contributed by atoms with E-state index in [1.807, 2.05) is 48.0 Å². The predicted molar refractivity (Wildman–Crippen MR) is 173 cm³/mol. The summed E-state index contributed by atoms with van der Waals surface area (Å²) >= 11 is 1.49. The lowest BCUT2D eigenvalue weighted by Gasteiger charge is -2.17. The molecule has 0 radical (unpaired) electrons. The molecule has 2 N–H and O–H groups in total. The van der Waals surface area contributed by atoms with Crippen molar-refractivity contribution in [2.45, 2.75) is 25.3 Å². The third kappa shape index (κ3) is 5.57. The molecular weight excluding hydrogens is 573 g/mol. The molecule has 1 aliphatic rings. The summed E-state index contributed by atoms with van der Waals surface area (Å²) in [5.41, 5.74) is 7.30. The number of aromatic nitrogens is 4. The van der Waals surface area contributed by atoms with Gasteiger partial charge in [0.2, 0.25) is 11.9 Å². The van der Waals surface area contributed by atoms with E-state index in [1.54, 1.807) is 22.8 Å². The second-order valence-corrected chi connectivity index (χ2v) is 12.2. The number of nitrogens with one attached hydrogen (secondary N) is 2. The van der Waals surface area contributed by atoms with Crippen LogP contribution in [0.2, 0.25) is 0 Å². The van der Waals surface area contributed by atoms with E-state index in [0.29, 0.717) is 28.9 Å². The number of carbonyl (C=O) groups excluding carboxylic acids is 1. The van der Waals surface area contributed by atoms with Crippen molar-refractivity contribution in [2.75, 3.05) is 24.7 Å². The largest absolute Gasteiger partial charge is 0.324 e. The Morgan fingerprint density at radius 1 is 1.05 bits per heavy atom. The van der Waals surface area contributed by atoms with Crippen LogP contribution in [0.1, 0.15) is 16.0 Å². The van der Waals surface area contributed by atoms with Crippen LogP contribution in [0.3, 0.4) is 0 Å². The molecule has 0 bridgehead atoms. The normalized spacial score (nSPS) is 14.2. The first kappa shape index (κ1) is 27.9. The maximum atomic E-state index is 14.9. The standard InChI is InChI=1S/C34H30FN7OS/c1-41(2)25-17-21-8-10-24(16-23(21)18-25)37-34-36-13-12-28(39-34)32-30-7-3-4-14-42(30)40-33(32)22-9-11-27(35)29(19-22)38-31(43)20-26-6-5-15-44-26/h3-16,19,25H,17-18,20H2,1-2H3,(H,38,43)(H,36,37,39). The number of amides is 1. The van der Waals surface area contributed by atoms with Gasteiger partial charge in [-0.25, -0.2) is 18.9 Å². The first-order valence-corrected chi connectivity index (χ1v) is 15.3. The summed E-state index contributed by atoms with van der Waals surface area (Å²) in [6.45, 7) is 0. The molecule has 1 amide bonds. The van der Waals surface area contributed by atoms with Gasteiger partial charge in [-0.1, -0.05) is 18.2 Å². The quantitative estimate of drug-likeness (QED) is 0.204. The Bertz CT molecular complexity index is 1990. The molecule has 1 atom stereocenters. The van der Waals surface area contributed by atoms with Crippen molar-refractivity contribution in [1.82, 2.24) is 24.5 Å². The number of hydrogen-bond acceptors (Lipinski definition) is 7. The lowest BCUT2D eigenvalue weighted by atomic mass is 10.0. The van der Waals surface area contributed by atoms with E-state index >= 15 is 0 Å². The molecule has 4 aromatic heterocycles. The van der Waals surface area contributed by atoms with Crippen LogP contribution in [0.15, 0.2) is 90.6 Å². The van der Waals surface area contributed by atoms with Gasteiger partial charge in [0.15, 0.2) is 0 Å². The van der Waals surface area contributed by atoms with Crippen LogP contribution in [-0.2, 0) is 24.1 Å². The fourth-order valence-corrected chi connectivity index (χ4v) is 6.42. The second kappa shape index (κ2) is 11.6. The maximum Gasteiger partial charge on any atom is 0.229 e. The molecule has 8 nitrogen and oxygen atoms in total. The van der Waals surface area contributed by atoms with Crippen molar-refractivity contribution in [3.63, 3.8) is 0 Å². The molecule has 0 saturated carbocycles. The Morgan fingerprint density at radius 3 is 2.77 bits per heavy atom. The van der Waals surface area contributed by atoms with Gasteiger partial charge in [0.05, 0.1) is 28.9 Å². The molecule has 10 heteroatoms. The van der Waals surface area contributed by atoms with E-state index in [1.165, 1.54) is 28.5 Å². The van der Waals surface area contributed by atoms with Gasteiger partial charge in [0.25, 0.3) is 0 Å². The molecule has 1 aliphatic carbocycles. The lowest BCUT2D eigenvalue weighted by molar-refractivity contribution is -0.115. The van der Waals surface area contributed by atoms with Crippen LogP contribution in [0.25, 0.3) is 28.0 Å². The molecule has 0 saturated heterocycles. The van der Waals surface area contributed by atoms with Crippen LogP contribution in [0.5, 0.6) is 0 Å². The van der Waals surface area contributed by atoms with Crippen LogP contribution >= 0.6 is 11.3 Å². The second-order valence-electron chi connectivity index (χ2n) is 11.2. The molecule has 2 aromatic carbocycles. The Morgan fingerprint density at radius 2 is 1.93 bits per heavy atom. The molecule has 6 aromatic rings. The summed E-state index contributed by atoms with van der Waals surface area (Å²) in [6.07, 6.45) is 5.82. The molecule has 0 fully saturated rings. The van der Waals surface area contributed by atoms with Gasteiger partial charge in [-0.05, 0) is 98.0 Å². The van der Waals surface area contributed by atoms with Crippen LogP contribution in [0.4, 0.5) is 21.7 Å². The number of carbonyl (C=O) groups is 1. The van der Waals surface area contributed by atoms with Gasteiger partial charge in [-0.15, -0.1) is 11.3 Å². The molecular formula is C34H30FN7OS. The number of fused-ring (bicyclic) bond motifs is 2. The molecule has 1 unspecified atom stereocenters. The number of pyridine rings is 1. The van der Waals surface area contributed by atoms with Crippen molar-refractivity contribution < 1.29 is 9.18 Å². The number of rotatable bonds is 8. The van der Waals surface area contributed by atoms with Crippen molar-refractivity contribution in [3.05, 3.63) is 112 Å². The SMILES string of the molecule is CN(C)C1Cc2ccc(Nc3nccc(-c4c(-c5ccc(F)c(NC(=O)Cc6cccs6)c5)nn5ccccc45)n3)cc2C1. The number of halogens is 1. The summed E-state index contributed by atoms with van der Waals surface area (Å²) in [4.78, 5) is 25.3. The number of benzene rings is 2. The number of likely N-dealkylation sites (N-methyl/N-ethyl adjacent to an activating group) is 1. The lowest BCUT2D eigenvalue weighted by Crippen LogP contribution is -2.27. The highest BCUT2D eigenvalue weighted by molar-refractivity contribution is 7.10. The highest BCUT2D eigenvalue weighted by Gasteiger charge is 2.24. The Hall–Kier alpha value is -4.93. The van der Waals surface area contributed by atoms with Crippen LogP contribution in [-0.4, -0.2) is 50.5 Å². The Labute approximate surface area is 258 Å². The Balaban J connectivity index is 1.21. The van der Waals surface area contributed by atoms with Gasteiger partial charge >= 0.3 is 0 Å². The number of hydrogen-bond donors (Lipinski definition) is 2. The summed E-state index contributed by atoms with van der Waals surface area (Å²) in [6, 6.07) is 23.0. The third-order valence-electron chi connectivity index (χ3n) is 7.98. The molecule has 0 aliphatic heterocycles. The maximum absolute atomic E-state index is 14.9. The summed E-state index contributed by atoms with van der Waals surface area (Å²) < 4.78 is 16.7. The first-order valence-electron chi connectivity index (χ1n) is 14.4. The van der Waals surface area contributed by atoms with Crippen molar-refractivity contribution in [2.24, 2.45) is 0 Å². The van der Waals surface area contributed by atoms with E-state index in [9.17, 15) is 9.18 Å². The van der Waals surface area contributed by atoms with Crippen molar-refractivity contribution >= 4 is 40.1 Å². The topological polar surface area (TPSA) is 87.5 Å². The number of nitrogens with zero attached hydrogens (tertiary/aromatic N) is 5. The highest BCUT2D eigenvalue weighted by Crippen LogP contribution is 2.36. The van der Waals surface area contributed by atoms with Crippen molar-refractivity contribution in [3.8, 4) is 22.5 Å². The first-order chi connectivity index (χ1) is 21.4. The highest BCUT2D eigenvalue weighted by atomic mass is 32.1. The Kier molecular flexibility index (Phi) is 7.37. The average molecular weight is 604 g/mol. The van der Waals surface area contributed by atoms with E-state index in [-0.39, 0.29) is 18.0 Å². The molecule has 0 spiro atoms. The van der Waals surface area contributed by atoms with Crippen LogP contribution in [0, 0.1) is 5.82 Å². The summed E-state index contributed by atoms with van der Waals surface area (Å²) in [5, 5.41) is 12.9. The number of anilines is 3. The van der Waals surface area contributed by atoms with Gasteiger partial charge in [-0.3, -0.25) is 4.79 Å². The summed E-state index contributed by atoms with van der Waals surface area (Å²) in [5.74, 6) is -0.334. The minimum absolute atomic E-state index is 0.102. The minimum atomic E-state index is -0.515. The van der Waals surface area contributed by atoms with E-state index in [0.717, 1.165) is 34.5 Å². The van der Waals surface area contributed by atoms with Gasteiger partial charge in [0, 0.05) is 34.6 Å². The van der Waals surface area contributed by atoms with Crippen LogP contribution < -0.4 is 10.6 Å². The van der Waals surface area contributed by atoms with Gasteiger partial charge < -0.3 is 15.5 Å². The monoisotopic (exact) mass is 603 g/mol. The molecule has 44 heavy (non-hydrogen) atoms. The zero-order valence-electron chi connectivity index (χ0n) is 24.3. The van der Waals surface area contributed by atoms with E-state index in [2.05, 4.69) is 52.8 Å². The fraction of sp³-hybridized carbons (Fsp3) is 0.176.